The molecule has 0 bridgehead atoms. The van der Waals surface area contributed by atoms with Crippen molar-refractivity contribution >= 4 is 17.6 Å². The lowest BCUT2D eigenvalue weighted by Crippen LogP contribution is -2.51. The number of rotatable bonds is 3. The number of carboxylic acid groups (broad SMARTS) is 1. The number of aromatic nitrogens is 1. The van der Waals surface area contributed by atoms with Crippen molar-refractivity contribution in [1.82, 2.24) is 4.98 Å². The van der Waals surface area contributed by atoms with E-state index in [1.807, 2.05) is 0 Å². The van der Waals surface area contributed by atoms with Crippen molar-refractivity contribution in [3.05, 3.63) is 18.5 Å². The normalized spacial score (nSPS) is 17.6. The smallest absolute Gasteiger partial charge is 0.319 e. The van der Waals surface area contributed by atoms with E-state index in [4.69, 9.17) is 5.11 Å². The highest BCUT2D eigenvalue weighted by atomic mass is 16.4. The number of nitrogens with one attached hydrogen (secondary N) is 1. The van der Waals surface area contributed by atoms with Crippen molar-refractivity contribution in [2.45, 2.75) is 19.3 Å². The molecule has 0 saturated heterocycles. The van der Waals surface area contributed by atoms with Gasteiger partial charge in [-0.05, 0) is 18.9 Å². The molecular weight excluding hydrogens is 208 g/mol. The van der Waals surface area contributed by atoms with E-state index >= 15 is 0 Å². The molecule has 86 valence electrons. The SMILES string of the molecule is CN(C(=O)C1(C(=O)O)CCC1)c1cc[nH]c1. The third-order valence-corrected chi connectivity index (χ3v) is 3.30. The number of aliphatic carboxylic acids is 1. The van der Waals surface area contributed by atoms with Crippen molar-refractivity contribution in [1.29, 1.82) is 0 Å². The standard InChI is InChI=1S/C11H14N2O3/c1-13(8-3-6-12-7-8)9(14)11(10(15)16)4-2-5-11/h3,6-7,12H,2,4-5H2,1H3,(H,15,16). The van der Waals surface area contributed by atoms with Gasteiger partial charge in [0.25, 0.3) is 0 Å². The second kappa shape index (κ2) is 3.66. The summed E-state index contributed by atoms with van der Waals surface area (Å²) in [7, 11) is 1.61. The van der Waals surface area contributed by atoms with E-state index in [-0.39, 0.29) is 5.91 Å². The molecule has 1 fully saturated rings. The fourth-order valence-corrected chi connectivity index (χ4v) is 2.01. The van der Waals surface area contributed by atoms with Gasteiger partial charge in [0, 0.05) is 19.4 Å². The lowest BCUT2D eigenvalue weighted by Gasteiger charge is -2.38. The van der Waals surface area contributed by atoms with Crippen LogP contribution in [0.4, 0.5) is 5.69 Å². The fourth-order valence-electron chi connectivity index (χ4n) is 2.01. The molecule has 5 heteroatoms. The first-order chi connectivity index (χ1) is 7.58. The molecule has 16 heavy (non-hydrogen) atoms. The minimum atomic E-state index is -1.19. The van der Waals surface area contributed by atoms with Gasteiger partial charge >= 0.3 is 5.97 Å². The summed E-state index contributed by atoms with van der Waals surface area (Å²) in [5.74, 6) is -1.34. The molecule has 2 N–H and O–H groups in total. The number of aromatic amines is 1. The maximum atomic E-state index is 12.1. The van der Waals surface area contributed by atoms with Gasteiger partial charge in [-0.2, -0.15) is 0 Å². The van der Waals surface area contributed by atoms with Crippen LogP contribution in [0.3, 0.4) is 0 Å². The van der Waals surface area contributed by atoms with Crippen LogP contribution < -0.4 is 4.90 Å². The molecule has 0 unspecified atom stereocenters. The molecule has 2 rings (SSSR count). The lowest BCUT2D eigenvalue weighted by molar-refractivity contribution is -0.160. The second-order valence-electron chi connectivity index (χ2n) is 4.17. The number of hydrogen-bond donors (Lipinski definition) is 2. The van der Waals surface area contributed by atoms with E-state index in [0.717, 1.165) is 6.42 Å². The van der Waals surface area contributed by atoms with E-state index in [2.05, 4.69) is 4.98 Å². The molecule has 1 amide bonds. The maximum Gasteiger partial charge on any atom is 0.319 e. The van der Waals surface area contributed by atoms with Crippen LogP contribution in [-0.2, 0) is 9.59 Å². The van der Waals surface area contributed by atoms with Gasteiger partial charge in [0.05, 0.1) is 5.69 Å². The molecule has 0 radical (unpaired) electrons. The van der Waals surface area contributed by atoms with E-state index < -0.39 is 11.4 Å². The second-order valence-corrected chi connectivity index (χ2v) is 4.17. The zero-order valence-electron chi connectivity index (χ0n) is 9.06. The monoisotopic (exact) mass is 222 g/mol. The molecule has 0 spiro atoms. The molecule has 1 aromatic heterocycles. The molecule has 1 aromatic rings. The predicted molar refractivity (Wildman–Crippen MR) is 58.1 cm³/mol. The fraction of sp³-hybridized carbons (Fsp3) is 0.455. The number of anilines is 1. The average Bonchev–Trinajstić information content (AvgIpc) is 2.66. The summed E-state index contributed by atoms with van der Waals surface area (Å²) in [5.41, 5.74) is -0.496. The van der Waals surface area contributed by atoms with Crippen LogP contribution in [0, 0.1) is 5.41 Å². The Morgan fingerprint density at radius 1 is 1.50 bits per heavy atom. The van der Waals surface area contributed by atoms with Crippen molar-refractivity contribution in [2.75, 3.05) is 11.9 Å². The summed E-state index contributed by atoms with van der Waals surface area (Å²) in [6, 6.07) is 1.74. The molecule has 1 heterocycles. The Hall–Kier alpha value is -1.78. The number of hydrogen-bond acceptors (Lipinski definition) is 2. The van der Waals surface area contributed by atoms with Crippen LogP contribution >= 0.6 is 0 Å². The predicted octanol–water partition coefficient (Wildman–Crippen LogP) is 1.23. The zero-order valence-corrected chi connectivity index (χ0v) is 9.06. The van der Waals surface area contributed by atoms with E-state index in [1.165, 1.54) is 4.90 Å². The third-order valence-electron chi connectivity index (χ3n) is 3.30. The Labute approximate surface area is 93.1 Å². The Bertz CT molecular complexity index is 407. The van der Waals surface area contributed by atoms with Crippen molar-refractivity contribution in [2.24, 2.45) is 5.41 Å². The highest BCUT2D eigenvalue weighted by molar-refractivity contribution is 6.10. The van der Waals surface area contributed by atoms with E-state index in [1.54, 1.807) is 25.5 Å². The first-order valence-corrected chi connectivity index (χ1v) is 5.22. The van der Waals surface area contributed by atoms with Crippen molar-refractivity contribution < 1.29 is 14.7 Å². The summed E-state index contributed by atoms with van der Waals surface area (Å²) in [6.45, 7) is 0. The molecule has 1 aliphatic rings. The molecule has 0 aliphatic heterocycles. The zero-order chi connectivity index (χ0) is 11.8. The first kappa shape index (κ1) is 10.7. The average molecular weight is 222 g/mol. The van der Waals surface area contributed by atoms with E-state index in [0.29, 0.717) is 18.5 Å². The Morgan fingerprint density at radius 2 is 2.19 bits per heavy atom. The van der Waals surface area contributed by atoms with Gasteiger partial charge in [-0.1, -0.05) is 6.42 Å². The molecule has 1 saturated carbocycles. The van der Waals surface area contributed by atoms with Crippen LogP contribution in [0.5, 0.6) is 0 Å². The number of H-pyrrole nitrogens is 1. The number of carbonyl (C=O) groups is 2. The maximum absolute atomic E-state index is 12.1. The highest BCUT2D eigenvalue weighted by Crippen LogP contribution is 2.43. The summed E-state index contributed by atoms with van der Waals surface area (Å²) in [5, 5.41) is 9.15. The number of carboxylic acids is 1. The Morgan fingerprint density at radius 3 is 2.56 bits per heavy atom. The topological polar surface area (TPSA) is 73.4 Å². The van der Waals surface area contributed by atoms with Crippen molar-refractivity contribution in [3.63, 3.8) is 0 Å². The largest absolute Gasteiger partial charge is 0.480 e. The minimum absolute atomic E-state index is 0.328. The van der Waals surface area contributed by atoms with Crippen molar-refractivity contribution in [3.8, 4) is 0 Å². The summed E-state index contributed by atoms with van der Waals surface area (Å²) in [6.07, 6.45) is 5.06. The summed E-state index contributed by atoms with van der Waals surface area (Å²) >= 11 is 0. The minimum Gasteiger partial charge on any atom is -0.480 e. The molecular formula is C11H14N2O3. The van der Waals surface area contributed by atoms with Crippen LogP contribution in [0.15, 0.2) is 18.5 Å². The van der Waals surface area contributed by atoms with Crippen LogP contribution in [-0.4, -0.2) is 29.0 Å². The van der Waals surface area contributed by atoms with Gasteiger partial charge in [-0.3, -0.25) is 9.59 Å². The molecule has 5 nitrogen and oxygen atoms in total. The van der Waals surface area contributed by atoms with Gasteiger partial charge in [-0.25, -0.2) is 0 Å². The van der Waals surface area contributed by atoms with Gasteiger partial charge in [0.2, 0.25) is 5.91 Å². The van der Waals surface area contributed by atoms with Gasteiger partial charge in [0.1, 0.15) is 5.41 Å². The first-order valence-electron chi connectivity index (χ1n) is 5.22. The van der Waals surface area contributed by atoms with Crippen LogP contribution in [0.25, 0.3) is 0 Å². The van der Waals surface area contributed by atoms with Gasteiger partial charge in [0.15, 0.2) is 0 Å². The summed E-state index contributed by atoms with van der Waals surface area (Å²) < 4.78 is 0. The van der Waals surface area contributed by atoms with Gasteiger partial charge < -0.3 is 15.0 Å². The van der Waals surface area contributed by atoms with Crippen LogP contribution in [0.1, 0.15) is 19.3 Å². The Balaban J connectivity index is 2.22. The highest BCUT2D eigenvalue weighted by Gasteiger charge is 2.52. The number of nitrogens with zero attached hydrogens (tertiary/aromatic N) is 1. The number of amides is 1. The number of carbonyl (C=O) groups excluding carboxylic acids is 1. The Kier molecular flexibility index (Phi) is 2.46. The third kappa shape index (κ3) is 1.39. The summed E-state index contributed by atoms with van der Waals surface area (Å²) in [4.78, 5) is 27.5. The molecule has 1 aliphatic carbocycles. The quantitative estimate of drug-likeness (QED) is 0.755. The van der Waals surface area contributed by atoms with Crippen LogP contribution in [0.2, 0.25) is 0 Å². The molecule has 0 aromatic carbocycles. The lowest BCUT2D eigenvalue weighted by atomic mass is 9.68. The molecule has 0 atom stereocenters. The van der Waals surface area contributed by atoms with E-state index in [9.17, 15) is 9.59 Å². The van der Waals surface area contributed by atoms with Gasteiger partial charge in [-0.15, -0.1) is 0 Å².